The zero-order valence-electron chi connectivity index (χ0n) is 8.51. The van der Waals surface area contributed by atoms with Gasteiger partial charge in [-0.2, -0.15) is 10.4 Å². The van der Waals surface area contributed by atoms with Gasteiger partial charge < -0.3 is 5.11 Å². The van der Waals surface area contributed by atoms with Gasteiger partial charge in [0.1, 0.15) is 6.61 Å². The van der Waals surface area contributed by atoms with E-state index >= 15 is 0 Å². The molecule has 0 radical (unpaired) electrons. The van der Waals surface area contributed by atoms with E-state index in [9.17, 15) is 0 Å². The smallest absolute Gasteiger partial charge is 0.199 e. The summed E-state index contributed by atoms with van der Waals surface area (Å²) in [5.74, 6) is 0.340. The van der Waals surface area contributed by atoms with Crippen LogP contribution in [-0.2, 0) is 6.61 Å². The van der Waals surface area contributed by atoms with Crippen molar-refractivity contribution in [2.75, 3.05) is 0 Å². The largest absolute Gasteiger partial charge is 0.388 e. The molecule has 0 aliphatic heterocycles. The summed E-state index contributed by atoms with van der Waals surface area (Å²) in [7, 11) is 0. The highest BCUT2D eigenvalue weighted by atomic mass is 35.5. The third-order valence-electron chi connectivity index (χ3n) is 2.20. The molecule has 1 aromatic heterocycles. The molecule has 0 spiro atoms. The van der Waals surface area contributed by atoms with E-state index < -0.39 is 0 Å². The van der Waals surface area contributed by atoms with Crippen molar-refractivity contribution in [2.24, 2.45) is 0 Å². The molecule has 1 heterocycles. The van der Waals surface area contributed by atoms with Crippen molar-refractivity contribution in [3.63, 3.8) is 0 Å². The van der Waals surface area contributed by atoms with E-state index in [1.54, 1.807) is 18.2 Å². The molecule has 1 aromatic carbocycles. The Bertz CT molecular complexity index is 655. The van der Waals surface area contributed by atoms with Gasteiger partial charge >= 0.3 is 0 Å². The molecule has 0 fully saturated rings. The average molecular weight is 267 g/mol. The number of aromatic nitrogens is 3. The standard InChI is InChI=1S/C10H7ClN4OS/c11-7-2-1-6(4-12)3-8(7)15-9(5-16)13-14-10(15)17/h1-3,16H,5H2,(H,14,17). The molecule has 2 aromatic rings. The number of halogens is 1. The lowest BCUT2D eigenvalue weighted by atomic mass is 10.2. The van der Waals surface area contributed by atoms with E-state index in [2.05, 4.69) is 10.2 Å². The van der Waals surface area contributed by atoms with Crippen LogP contribution in [-0.4, -0.2) is 19.9 Å². The molecule has 2 N–H and O–H groups in total. The third kappa shape index (κ3) is 2.08. The van der Waals surface area contributed by atoms with Crippen molar-refractivity contribution >= 4 is 23.8 Å². The minimum Gasteiger partial charge on any atom is -0.388 e. The van der Waals surface area contributed by atoms with Crippen molar-refractivity contribution in [3.8, 4) is 11.8 Å². The van der Waals surface area contributed by atoms with Crippen LogP contribution < -0.4 is 0 Å². The van der Waals surface area contributed by atoms with E-state index in [0.717, 1.165) is 0 Å². The maximum Gasteiger partial charge on any atom is 0.199 e. The molecule has 0 aliphatic rings. The third-order valence-corrected chi connectivity index (χ3v) is 2.79. The molecule has 0 amide bonds. The minimum atomic E-state index is -0.278. The molecule has 17 heavy (non-hydrogen) atoms. The van der Waals surface area contributed by atoms with E-state index in [0.29, 0.717) is 26.9 Å². The second kappa shape index (κ2) is 4.67. The first-order valence-corrected chi connectivity index (χ1v) is 5.43. The molecular weight excluding hydrogens is 260 g/mol. The quantitative estimate of drug-likeness (QED) is 0.815. The van der Waals surface area contributed by atoms with E-state index in [1.165, 1.54) is 4.57 Å². The lowest BCUT2D eigenvalue weighted by molar-refractivity contribution is 0.269. The van der Waals surface area contributed by atoms with E-state index in [-0.39, 0.29) is 6.61 Å². The molecule has 5 nitrogen and oxygen atoms in total. The number of hydrogen-bond acceptors (Lipinski definition) is 4. The summed E-state index contributed by atoms with van der Waals surface area (Å²) in [6.07, 6.45) is 0. The lowest BCUT2D eigenvalue weighted by Gasteiger charge is -2.07. The maximum atomic E-state index is 9.15. The Kier molecular flexibility index (Phi) is 3.24. The van der Waals surface area contributed by atoms with Crippen LogP contribution in [0.4, 0.5) is 0 Å². The van der Waals surface area contributed by atoms with Gasteiger partial charge in [0.25, 0.3) is 0 Å². The topological polar surface area (TPSA) is 77.6 Å². The molecule has 0 saturated carbocycles. The Morgan fingerprint density at radius 1 is 1.59 bits per heavy atom. The van der Waals surface area contributed by atoms with Crippen LogP contribution in [0.3, 0.4) is 0 Å². The fourth-order valence-corrected chi connectivity index (χ4v) is 1.89. The number of benzene rings is 1. The maximum absolute atomic E-state index is 9.15. The summed E-state index contributed by atoms with van der Waals surface area (Å²) < 4.78 is 1.81. The zero-order valence-corrected chi connectivity index (χ0v) is 10.1. The number of aliphatic hydroxyl groups is 1. The Balaban J connectivity index is 2.72. The lowest BCUT2D eigenvalue weighted by Crippen LogP contribution is -2.02. The van der Waals surface area contributed by atoms with E-state index in [4.69, 9.17) is 34.2 Å². The van der Waals surface area contributed by atoms with Gasteiger partial charge in [-0.05, 0) is 30.4 Å². The second-order valence-corrected chi connectivity index (χ2v) is 4.01. The predicted molar refractivity (Wildman–Crippen MR) is 64.4 cm³/mol. The molecule has 0 unspecified atom stereocenters. The van der Waals surface area contributed by atoms with Crippen molar-refractivity contribution in [1.29, 1.82) is 5.26 Å². The van der Waals surface area contributed by atoms with Crippen molar-refractivity contribution in [1.82, 2.24) is 14.8 Å². The SMILES string of the molecule is N#Cc1ccc(Cl)c(-n2c(CO)n[nH]c2=S)c1. The van der Waals surface area contributed by atoms with Gasteiger partial charge in [-0.1, -0.05) is 11.6 Å². The average Bonchev–Trinajstić information content (AvgIpc) is 2.71. The van der Waals surface area contributed by atoms with Gasteiger partial charge in [0.2, 0.25) is 0 Å². The van der Waals surface area contributed by atoms with Gasteiger partial charge in [0.05, 0.1) is 22.3 Å². The molecule has 0 bridgehead atoms. The van der Waals surface area contributed by atoms with Crippen LogP contribution in [0, 0.1) is 16.1 Å². The van der Waals surface area contributed by atoms with Gasteiger partial charge in [0.15, 0.2) is 10.6 Å². The van der Waals surface area contributed by atoms with Crippen molar-refractivity contribution in [3.05, 3.63) is 39.4 Å². The fraction of sp³-hybridized carbons (Fsp3) is 0.100. The molecule has 0 saturated heterocycles. The number of nitriles is 1. The van der Waals surface area contributed by atoms with Gasteiger partial charge in [-0.25, -0.2) is 0 Å². The molecular formula is C10H7ClN4OS. The number of aliphatic hydroxyl groups excluding tert-OH is 1. The number of H-pyrrole nitrogens is 1. The summed E-state index contributed by atoms with van der Waals surface area (Å²) in [4.78, 5) is 0. The van der Waals surface area contributed by atoms with Crippen LogP contribution >= 0.6 is 23.8 Å². The summed E-state index contributed by atoms with van der Waals surface area (Å²) in [5.41, 5.74) is 0.977. The highest BCUT2D eigenvalue weighted by molar-refractivity contribution is 7.71. The first-order chi connectivity index (χ1) is 8.17. The number of hydrogen-bond donors (Lipinski definition) is 2. The summed E-state index contributed by atoms with van der Waals surface area (Å²) in [5, 5.41) is 24.9. The van der Waals surface area contributed by atoms with Crippen LogP contribution in [0.15, 0.2) is 18.2 Å². The van der Waals surface area contributed by atoms with Crippen molar-refractivity contribution in [2.45, 2.75) is 6.61 Å². The second-order valence-electron chi connectivity index (χ2n) is 3.22. The molecule has 0 aliphatic carbocycles. The van der Waals surface area contributed by atoms with E-state index in [1.807, 2.05) is 6.07 Å². The summed E-state index contributed by atoms with van der Waals surface area (Å²) >= 11 is 11.1. The number of nitrogens with zero attached hydrogens (tertiary/aromatic N) is 3. The Labute approximate surface area is 107 Å². The number of aromatic amines is 1. The summed E-state index contributed by atoms with van der Waals surface area (Å²) in [6.45, 7) is -0.278. The van der Waals surface area contributed by atoms with Gasteiger partial charge in [-0.3, -0.25) is 9.67 Å². The van der Waals surface area contributed by atoms with Gasteiger partial charge in [0, 0.05) is 0 Å². The predicted octanol–water partition coefficient (Wildman–Crippen LogP) is 1.95. The summed E-state index contributed by atoms with van der Waals surface area (Å²) in [6, 6.07) is 6.81. The fourth-order valence-electron chi connectivity index (χ4n) is 1.44. The van der Waals surface area contributed by atoms with Crippen LogP contribution in [0.2, 0.25) is 5.02 Å². The minimum absolute atomic E-state index is 0.278. The molecule has 7 heteroatoms. The normalized spacial score (nSPS) is 10.2. The highest BCUT2D eigenvalue weighted by Gasteiger charge is 2.11. The zero-order chi connectivity index (χ0) is 12.4. The monoisotopic (exact) mass is 266 g/mol. The molecule has 2 rings (SSSR count). The van der Waals surface area contributed by atoms with Crippen LogP contribution in [0.1, 0.15) is 11.4 Å². The molecule has 0 atom stereocenters. The molecule has 86 valence electrons. The van der Waals surface area contributed by atoms with Crippen LogP contribution in [0.5, 0.6) is 0 Å². The Hall–Kier alpha value is -1.68. The van der Waals surface area contributed by atoms with Crippen LogP contribution in [0.25, 0.3) is 5.69 Å². The Morgan fingerprint density at radius 3 is 3.00 bits per heavy atom. The first-order valence-electron chi connectivity index (χ1n) is 4.64. The Morgan fingerprint density at radius 2 is 2.35 bits per heavy atom. The number of nitrogens with one attached hydrogen (secondary N) is 1. The number of rotatable bonds is 2. The highest BCUT2D eigenvalue weighted by Crippen LogP contribution is 2.23. The van der Waals surface area contributed by atoms with Crippen molar-refractivity contribution < 1.29 is 5.11 Å². The van der Waals surface area contributed by atoms with Gasteiger partial charge in [-0.15, -0.1) is 0 Å². The first kappa shape index (κ1) is 11.8.